The Labute approximate surface area is 118 Å². The van der Waals surface area contributed by atoms with Crippen LogP contribution in [0.1, 0.15) is 49.0 Å². The van der Waals surface area contributed by atoms with E-state index in [1.165, 1.54) is 10.4 Å². The molecule has 0 aliphatic heterocycles. The summed E-state index contributed by atoms with van der Waals surface area (Å²) < 4.78 is 0. The number of nitrogens with one attached hydrogen (secondary N) is 1. The first-order valence-electron chi connectivity index (χ1n) is 6.70. The van der Waals surface area contributed by atoms with Crippen molar-refractivity contribution in [3.63, 3.8) is 0 Å². The van der Waals surface area contributed by atoms with Crippen LogP contribution in [0.2, 0.25) is 0 Å². The molecule has 1 aliphatic rings. The number of hydrogen-bond acceptors (Lipinski definition) is 2. The van der Waals surface area contributed by atoms with Gasteiger partial charge in [-0.2, -0.15) is 0 Å². The van der Waals surface area contributed by atoms with Crippen molar-refractivity contribution in [2.24, 2.45) is 0 Å². The molecule has 1 aromatic rings. The average molecular weight is 286 g/mol. The van der Waals surface area contributed by atoms with Crippen LogP contribution in [-0.4, -0.2) is 17.8 Å². The molecule has 0 saturated carbocycles. The number of amides is 1. The quantitative estimate of drug-likeness (QED) is 0.822. The lowest BCUT2D eigenvalue weighted by atomic mass is 9.87. The zero-order valence-electron chi connectivity index (χ0n) is 10.7. The van der Waals surface area contributed by atoms with Crippen molar-refractivity contribution in [1.29, 1.82) is 0 Å². The molecule has 2 unspecified atom stereocenters. The van der Waals surface area contributed by atoms with Gasteiger partial charge >= 0.3 is 0 Å². The lowest BCUT2D eigenvalue weighted by Gasteiger charge is -2.22. The Kier molecular flexibility index (Phi) is 5.07. The number of fused-ring (bicyclic) bond motifs is 1. The molecule has 0 bridgehead atoms. The number of carbonyl (C=O) groups is 1. The third kappa shape index (κ3) is 3.27. The molecule has 1 aromatic heterocycles. The van der Waals surface area contributed by atoms with Crippen LogP contribution in [0.3, 0.4) is 0 Å². The van der Waals surface area contributed by atoms with E-state index in [1.54, 1.807) is 11.3 Å². The Bertz CT molecular complexity index is 404. The third-order valence-electron chi connectivity index (χ3n) is 3.57. The van der Waals surface area contributed by atoms with E-state index in [9.17, 15) is 4.79 Å². The highest BCUT2D eigenvalue weighted by molar-refractivity contribution is 7.10. The van der Waals surface area contributed by atoms with E-state index < -0.39 is 0 Å². The first-order chi connectivity index (χ1) is 8.72. The Morgan fingerprint density at radius 2 is 2.50 bits per heavy atom. The van der Waals surface area contributed by atoms with Crippen LogP contribution in [0.4, 0.5) is 0 Å². The van der Waals surface area contributed by atoms with Gasteiger partial charge < -0.3 is 5.32 Å². The first kappa shape index (κ1) is 13.9. The molecule has 0 aromatic carbocycles. The predicted molar refractivity (Wildman–Crippen MR) is 77.6 cm³/mol. The second-order valence-electron chi connectivity index (χ2n) is 4.83. The molecule has 4 heteroatoms. The van der Waals surface area contributed by atoms with Crippen molar-refractivity contribution in [3.05, 3.63) is 21.9 Å². The summed E-state index contributed by atoms with van der Waals surface area (Å²) in [5.41, 5.74) is 1.25. The molecule has 0 saturated heterocycles. The van der Waals surface area contributed by atoms with E-state index in [0.717, 1.165) is 32.1 Å². The van der Waals surface area contributed by atoms with Gasteiger partial charge in [-0.15, -0.1) is 22.9 Å². The molecule has 2 atom stereocenters. The zero-order valence-corrected chi connectivity index (χ0v) is 12.3. The smallest absolute Gasteiger partial charge is 0.227 e. The van der Waals surface area contributed by atoms with Crippen LogP contribution in [0.5, 0.6) is 0 Å². The van der Waals surface area contributed by atoms with Crippen LogP contribution in [-0.2, 0) is 11.2 Å². The van der Waals surface area contributed by atoms with Crippen LogP contribution >= 0.6 is 22.9 Å². The van der Waals surface area contributed by atoms with Crippen molar-refractivity contribution < 1.29 is 4.79 Å². The molecule has 1 heterocycles. The van der Waals surface area contributed by atoms with Gasteiger partial charge in [0.05, 0.1) is 5.92 Å². The van der Waals surface area contributed by atoms with Gasteiger partial charge in [0.1, 0.15) is 0 Å². The van der Waals surface area contributed by atoms with Gasteiger partial charge in [0.25, 0.3) is 0 Å². The molecular weight excluding hydrogens is 266 g/mol. The van der Waals surface area contributed by atoms with Crippen molar-refractivity contribution in [2.75, 3.05) is 6.54 Å². The predicted octanol–water partition coefficient (Wildman–Crippen LogP) is 3.69. The molecule has 1 amide bonds. The molecular formula is C14H20ClNOS. The van der Waals surface area contributed by atoms with Crippen molar-refractivity contribution in [1.82, 2.24) is 5.32 Å². The lowest BCUT2D eigenvalue weighted by Crippen LogP contribution is -2.32. The van der Waals surface area contributed by atoms with E-state index >= 15 is 0 Å². The molecule has 1 N–H and O–H groups in total. The fourth-order valence-electron chi connectivity index (χ4n) is 2.44. The van der Waals surface area contributed by atoms with Gasteiger partial charge in [-0.1, -0.05) is 6.92 Å². The number of rotatable bonds is 5. The maximum Gasteiger partial charge on any atom is 0.227 e. The van der Waals surface area contributed by atoms with Crippen molar-refractivity contribution >= 4 is 28.8 Å². The Hall–Kier alpha value is -0.540. The summed E-state index contributed by atoms with van der Waals surface area (Å²) in [6, 6.07) is 2.11. The van der Waals surface area contributed by atoms with Crippen LogP contribution in [0.15, 0.2) is 11.4 Å². The van der Waals surface area contributed by atoms with Crippen LogP contribution in [0.25, 0.3) is 0 Å². The summed E-state index contributed by atoms with van der Waals surface area (Å²) in [5.74, 6) is 0.240. The monoisotopic (exact) mass is 285 g/mol. The first-order valence-corrected chi connectivity index (χ1v) is 8.02. The molecule has 100 valence electrons. The van der Waals surface area contributed by atoms with E-state index in [4.69, 9.17) is 11.6 Å². The minimum atomic E-state index is 0.0652. The van der Waals surface area contributed by atoms with Gasteiger partial charge in [0.15, 0.2) is 0 Å². The number of thiophene rings is 1. The van der Waals surface area contributed by atoms with Crippen LogP contribution in [0, 0.1) is 0 Å². The number of carbonyl (C=O) groups excluding carboxylic acids is 1. The van der Waals surface area contributed by atoms with Crippen molar-refractivity contribution in [2.45, 2.75) is 50.3 Å². The van der Waals surface area contributed by atoms with E-state index in [2.05, 4.69) is 23.7 Å². The maximum absolute atomic E-state index is 12.2. The fraction of sp³-hybridized carbons (Fsp3) is 0.643. The summed E-state index contributed by atoms with van der Waals surface area (Å²) in [6.45, 7) is 2.76. The highest BCUT2D eigenvalue weighted by atomic mass is 35.5. The van der Waals surface area contributed by atoms with Crippen LogP contribution < -0.4 is 5.32 Å². The van der Waals surface area contributed by atoms with Gasteiger partial charge in [0.2, 0.25) is 5.91 Å². The standard InChI is InChI=1S/C14H20ClNOS/c1-2-10(15)6-8-16-14(17)12-4-3-5-13-11(12)7-9-18-13/h7,9-10,12H,2-6,8H2,1H3,(H,16,17). The second-order valence-corrected chi connectivity index (χ2v) is 6.45. The van der Waals surface area contributed by atoms with Gasteiger partial charge in [-0.25, -0.2) is 0 Å². The summed E-state index contributed by atoms with van der Waals surface area (Å²) in [5, 5.41) is 5.30. The Morgan fingerprint density at radius 3 is 3.28 bits per heavy atom. The SMILES string of the molecule is CCC(Cl)CCNC(=O)C1CCCc2sccc21. The summed E-state index contributed by atoms with van der Waals surface area (Å²) in [6.07, 6.45) is 5.05. The summed E-state index contributed by atoms with van der Waals surface area (Å²) in [7, 11) is 0. The van der Waals surface area contributed by atoms with Gasteiger partial charge in [-0.05, 0) is 49.1 Å². The molecule has 18 heavy (non-hydrogen) atoms. The van der Waals surface area contributed by atoms with E-state index in [-0.39, 0.29) is 17.2 Å². The number of hydrogen-bond donors (Lipinski definition) is 1. The molecule has 0 radical (unpaired) electrons. The number of halogens is 1. The molecule has 2 rings (SSSR count). The molecule has 2 nitrogen and oxygen atoms in total. The zero-order chi connectivity index (χ0) is 13.0. The lowest BCUT2D eigenvalue weighted by molar-refractivity contribution is -0.122. The minimum Gasteiger partial charge on any atom is -0.356 e. The van der Waals surface area contributed by atoms with E-state index in [0.29, 0.717) is 6.54 Å². The Morgan fingerprint density at radius 1 is 1.67 bits per heavy atom. The van der Waals surface area contributed by atoms with Gasteiger partial charge in [-0.3, -0.25) is 4.79 Å². The van der Waals surface area contributed by atoms with Gasteiger partial charge in [0, 0.05) is 16.8 Å². The minimum absolute atomic E-state index is 0.0652. The largest absolute Gasteiger partial charge is 0.356 e. The Balaban J connectivity index is 1.87. The number of alkyl halides is 1. The highest BCUT2D eigenvalue weighted by Crippen LogP contribution is 2.34. The third-order valence-corrected chi connectivity index (χ3v) is 5.09. The highest BCUT2D eigenvalue weighted by Gasteiger charge is 2.26. The van der Waals surface area contributed by atoms with Crippen molar-refractivity contribution in [3.8, 4) is 0 Å². The average Bonchev–Trinajstić information content (AvgIpc) is 2.86. The number of aryl methyl sites for hydroxylation is 1. The molecule has 0 fully saturated rings. The summed E-state index contributed by atoms with van der Waals surface area (Å²) in [4.78, 5) is 13.6. The topological polar surface area (TPSA) is 29.1 Å². The maximum atomic E-state index is 12.2. The fourth-order valence-corrected chi connectivity index (χ4v) is 3.53. The molecule has 1 aliphatic carbocycles. The second kappa shape index (κ2) is 6.58. The summed E-state index contributed by atoms with van der Waals surface area (Å²) >= 11 is 7.83. The molecule has 0 spiro atoms. The van der Waals surface area contributed by atoms with E-state index in [1.807, 2.05) is 0 Å². The normalized spacial score (nSPS) is 20.2.